The molecule has 1 N–H and O–H groups in total. The minimum absolute atomic E-state index is 0.159. The number of nitrogens with one attached hydrogen (secondary N) is 1. The number of amides is 1. The molecule has 0 bridgehead atoms. The Hall–Kier alpha value is -3.00. The number of hydrogen-bond acceptors (Lipinski definition) is 6. The van der Waals surface area contributed by atoms with Crippen molar-refractivity contribution in [1.29, 1.82) is 0 Å². The summed E-state index contributed by atoms with van der Waals surface area (Å²) < 4.78 is 7.57. The van der Waals surface area contributed by atoms with Gasteiger partial charge in [0.05, 0.1) is 12.6 Å². The number of rotatable bonds is 5. The predicted molar refractivity (Wildman–Crippen MR) is 134 cm³/mol. The first-order chi connectivity index (χ1) is 16.6. The van der Waals surface area contributed by atoms with Gasteiger partial charge in [-0.15, -0.1) is 10.2 Å². The zero-order chi connectivity index (χ0) is 23.7. The number of hydrogen-bond donors (Lipinski definition) is 1. The van der Waals surface area contributed by atoms with E-state index in [0.29, 0.717) is 11.8 Å². The van der Waals surface area contributed by atoms with E-state index in [4.69, 9.17) is 4.74 Å². The van der Waals surface area contributed by atoms with Gasteiger partial charge in [-0.1, -0.05) is 54.2 Å². The first-order valence-electron chi connectivity index (χ1n) is 12.1. The number of piperidine rings is 1. The molecule has 0 radical (unpaired) electrons. The van der Waals surface area contributed by atoms with Crippen molar-refractivity contribution in [3.8, 4) is 17.1 Å². The summed E-state index contributed by atoms with van der Waals surface area (Å²) in [6.07, 6.45) is 3.26. The molecule has 1 fully saturated rings. The SMILES string of the molecule is CCOc1ccc([C@@H]2Nn3c(nnc3-c3ccccc3)S[C@@H]2C(=O)N2[C@@H](C)CCC[C@@H]2C)cc1. The molecule has 2 aliphatic rings. The third-order valence-electron chi connectivity index (χ3n) is 6.71. The molecule has 1 saturated heterocycles. The summed E-state index contributed by atoms with van der Waals surface area (Å²) in [5.74, 6) is 1.72. The number of nitrogens with zero attached hydrogens (tertiary/aromatic N) is 4. The van der Waals surface area contributed by atoms with Crippen molar-refractivity contribution in [1.82, 2.24) is 19.8 Å². The van der Waals surface area contributed by atoms with Crippen molar-refractivity contribution in [3.63, 3.8) is 0 Å². The lowest BCUT2D eigenvalue weighted by Crippen LogP contribution is -2.53. The van der Waals surface area contributed by atoms with Crippen LogP contribution < -0.4 is 10.2 Å². The van der Waals surface area contributed by atoms with E-state index in [2.05, 4.69) is 34.4 Å². The second-order valence-corrected chi connectivity index (χ2v) is 10.1. The molecule has 178 valence electrons. The predicted octanol–water partition coefficient (Wildman–Crippen LogP) is 4.89. The summed E-state index contributed by atoms with van der Waals surface area (Å²) in [6, 6.07) is 18.3. The van der Waals surface area contributed by atoms with Gasteiger partial charge >= 0.3 is 0 Å². The molecule has 2 aliphatic heterocycles. The average Bonchev–Trinajstić information content (AvgIpc) is 3.27. The molecule has 0 unspecified atom stereocenters. The van der Waals surface area contributed by atoms with Gasteiger partial charge in [-0.05, 0) is 57.7 Å². The van der Waals surface area contributed by atoms with E-state index in [1.165, 1.54) is 18.2 Å². The Morgan fingerprint density at radius 1 is 1.06 bits per heavy atom. The molecular formula is C26H31N5O2S. The Kier molecular flexibility index (Phi) is 6.50. The monoisotopic (exact) mass is 477 g/mol. The number of carbonyl (C=O) groups excluding carboxylic acids is 1. The molecule has 1 aromatic heterocycles. The Labute approximate surface area is 204 Å². The van der Waals surface area contributed by atoms with Gasteiger partial charge in [-0.3, -0.25) is 4.79 Å². The van der Waals surface area contributed by atoms with Gasteiger partial charge in [0.25, 0.3) is 0 Å². The van der Waals surface area contributed by atoms with Crippen LogP contribution in [0.25, 0.3) is 11.4 Å². The molecule has 5 rings (SSSR count). The van der Waals surface area contributed by atoms with E-state index in [9.17, 15) is 4.79 Å². The van der Waals surface area contributed by atoms with Crippen LogP contribution in [0.15, 0.2) is 59.8 Å². The van der Waals surface area contributed by atoms with Crippen molar-refractivity contribution in [2.75, 3.05) is 12.0 Å². The van der Waals surface area contributed by atoms with Crippen LogP contribution in [-0.4, -0.2) is 49.6 Å². The topological polar surface area (TPSA) is 72.3 Å². The summed E-state index contributed by atoms with van der Waals surface area (Å²) in [7, 11) is 0. The lowest BCUT2D eigenvalue weighted by atomic mass is 9.95. The molecule has 0 aliphatic carbocycles. The Morgan fingerprint density at radius 3 is 2.44 bits per heavy atom. The highest BCUT2D eigenvalue weighted by Crippen LogP contribution is 2.41. The van der Waals surface area contributed by atoms with Gasteiger partial charge < -0.3 is 15.1 Å². The summed E-state index contributed by atoms with van der Waals surface area (Å²) >= 11 is 1.50. The van der Waals surface area contributed by atoms with Crippen LogP contribution in [0.5, 0.6) is 5.75 Å². The highest BCUT2D eigenvalue weighted by molar-refractivity contribution is 8.00. The van der Waals surface area contributed by atoms with Crippen LogP contribution in [0, 0.1) is 0 Å². The quantitative estimate of drug-likeness (QED) is 0.564. The zero-order valence-corrected chi connectivity index (χ0v) is 20.7. The molecule has 0 spiro atoms. The van der Waals surface area contributed by atoms with Crippen LogP contribution in [0.2, 0.25) is 0 Å². The van der Waals surface area contributed by atoms with E-state index < -0.39 is 0 Å². The Bertz CT molecular complexity index is 1120. The number of carbonyl (C=O) groups is 1. The standard InChI is InChI=1S/C26H31N5O2S/c1-4-33-21-15-13-19(14-16-21)22-23(25(32)30-17(2)9-8-10-18(30)3)34-26-28-27-24(31(26)29-22)20-11-6-5-7-12-20/h5-7,11-18,22-23,29H,4,8-10H2,1-3H3/t17-,18-,22-,23-/m0/s1. The number of ether oxygens (including phenoxy) is 1. The fourth-order valence-electron chi connectivity index (χ4n) is 5.01. The van der Waals surface area contributed by atoms with Crippen LogP contribution in [0.1, 0.15) is 51.6 Å². The van der Waals surface area contributed by atoms with Crippen molar-refractivity contribution in [2.24, 2.45) is 0 Å². The lowest BCUT2D eigenvalue weighted by molar-refractivity contribution is -0.137. The maximum atomic E-state index is 14.0. The summed E-state index contributed by atoms with van der Waals surface area (Å²) in [5, 5.41) is 9.25. The minimum atomic E-state index is -0.346. The van der Waals surface area contributed by atoms with Crippen LogP contribution in [0.3, 0.4) is 0 Å². The van der Waals surface area contributed by atoms with Gasteiger partial charge in [0, 0.05) is 17.6 Å². The van der Waals surface area contributed by atoms with E-state index in [-0.39, 0.29) is 29.3 Å². The Morgan fingerprint density at radius 2 is 1.76 bits per heavy atom. The molecule has 8 heteroatoms. The summed E-state index contributed by atoms with van der Waals surface area (Å²) in [5.41, 5.74) is 5.60. The number of likely N-dealkylation sites (tertiary alicyclic amines) is 1. The van der Waals surface area contributed by atoms with Gasteiger partial charge in [-0.2, -0.15) is 0 Å². The fraction of sp³-hybridized carbons (Fsp3) is 0.423. The summed E-state index contributed by atoms with van der Waals surface area (Å²) in [6.45, 7) is 6.92. The van der Waals surface area contributed by atoms with Gasteiger partial charge in [-0.25, -0.2) is 4.68 Å². The average molecular weight is 478 g/mol. The van der Waals surface area contributed by atoms with E-state index in [0.717, 1.165) is 35.5 Å². The number of benzene rings is 2. The van der Waals surface area contributed by atoms with Crippen LogP contribution >= 0.6 is 11.8 Å². The molecular weight excluding hydrogens is 446 g/mol. The molecule has 3 heterocycles. The van der Waals surface area contributed by atoms with Crippen molar-refractivity contribution >= 4 is 17.7 Å². The maximum Gasteiger partial charge on any atom is 0.239 e. The third-order valence-corrected chi connectivity index (χ3v) is 7.91. The van der Waals surface area contributed by atoms with Gasteiger partial charge in [0.15, 0.2) is 5.82 Å². The Balaban J connectivity index is 1.53. The molecule has 0 saturated carbocycles. The molecule has 1 amide bonds. The minimum Gasteiger partial charge on any atom is -0.494 e. The van der Waals surface area contributed by atoms with Crippen LogP contribution in [-0.2, 0) is 4.79 Å². The lowest BCUT2D eigenvalue weighted by Gasteiger charge is -2.43. The second-order valence-electron chi connectivity index (χ2n) is 9.03. The third kappa shape index (κ3) is 4.27. The first kappa shape index (κ1) is 22.8. The zero-order valence-electron chi connectivity index (χ0n) is 19.8. The number of thioether (sulfide) groups is 1. The van der Waals surface area contributed by atoms with Gasteiger partial charge in [0.2, 0.25) is 11.1 Å². The normalized spacial score (nSPS) is 24.3. The fourth-order valence-corrected chi connectivity index (χ4v) is 6.14. The molecule has 4 atom stereocenters. The van der Waals surface area contributed by atoms with E-state index in [1.807, 2.05) is 66.2 Å². The highest BCUT2D eigenvalue weighted by Gasteiger charge is 2.42. The van der Waals surface area contributed by atoms with Crippen LogP contribution in [0.4, 0.5) is 0 Å². The van der Waals surface area contributed by atoms with Gasteiger partial charge in [0.1, 0.15) is 11.0 Å². The second kappa shape index (κ2) is 9.70. The number of aromatic nitrogens is 3. The molecule has 2 aromatic carbocycles. The molecule has 7 nitrogen and oxygen atoms in total. The van der Waals surface area contributed by atoms with E-state index >= 15 is 0 Å². The maximum absolute atomic E-state index is 14.0. The van der Waals surface area contributed by atoms with Crippen molar-refractivity contribution < 1.29 is 9.53 Å². The smallest absolute Gasteiger partial charge is 0.239 e. The van der Waals surface area contributed by atoms with E-state index in [1.54, 1.807) is 0 Å². The largest absolute Gasteiger partial charge is 0.494 e. The van der Waals surface area contributed by atoms with Crippen molar-refractivity contribution in [2.45, 2.75) is 68.6 Å². The molecule has 34 heavy (non-hydrogen) atoms. The van der Waals surface area contributed by atoms with Crippen molar-refractivity contribution in [3.05, 3.63) is 60.2 Å². The number of fused-ring (bicyclic) bond motifs is 1. The molecule has 3 aromatic rings. The first-order valence-corrected chi connectivity index (χ1v) is 12.9. The highest BCUT2D eigenvalue weighted by atomic mass is 32.2. The summed E-state index contributed by atoms with van der Waals surface area (Å²) in [4.78, 5) is 16.1.